The van der Waals surface area contributed by atoms with Crippen molar-refractivity contribution in [3.8, 4) is 0 Å². The predicted molar refractivity (Wildman–Crippen MR) is 83.4 cm³/mol. The molecule has 1 nitrogen and oxygen atoms in total. The molecule has 1 N–H and O–H groups in total. The van der Waals surface area contributed by atoms with Crippen molar-refractivity contribution in [1.29, 1.82) is 0 Å². The SMILES string of the molecule is CCc1ccc(CNCc2cc(Cl)ccc2Br)s1. The van der Waals surface area contributed by atoms with E-state index >= 15 is 0 Å². The number of halogens is 2. The molecule has 2 rings (SSSR count). The third kappa shape index (κ3) is 3.82. The maximum Gasteiger partial charge on any atom is 0.0410 e. The lowest BCUT2D eigenvalue weighted by Gasteiger charge is -2.06. The largest absolute Gasteiger partial charge is 0.308 e. The lowest BCUT2D eigenvalue weighted by atomic mass is 10.2. The van der Waals surface area contributed by atoms with Gasteiger partial charge in [0.2, 0.25) is 0 Å². The number of rotatable bonds is 5. The third-order valence-corrected chi connectivity index (χ3v) is 4.93. The van der Waals surface area contributed by atoms with E-state index < -0.39 is 0 Å². The zero-order valence-corrected chi connectivity index (χ0v) is 13.3. The summed E-state index contributed by atoms with van der Waals surface area (Å²) in [4.78, 5) is 2.82. The number of benzene rings is 1. The minimum atomic E-state index is 0.777. The minimum Gasteiger partial charge on any atom is -0.308 e. The van der Waals surface area contributed by atoms with Gasteiger partial charge in [-0.25, -0.2) is 0 Å². The number of aryl methyl sites for hydroxylation is 1. The van der Waals surface area contributed by atoms with Gasteiger partial charge in [-0.3, -0.25) is 0 Å². The zero-order chi connectivity index (χ0) is 13.0. The van der Waals surface area contributed by atoms with Crippen LogP contribution in [-0.2, 0) is 19.5 Å². The van der Waals surface area contributed by atoms with Gasteiger partial charge in [0.25, 0.3) is 0 Å². The highest BCUT2D eigenvalue weighted by atomic mass is 79.9. The van der Waals surface area contributed by atoms with Gasteiger partial charge in [-0.1, -0.05) is 34.5 Å². The van der Waals surface area contributed by atoms with E-state index in [1.54, 1.807) is 0 Å². The van der Waals surface area contributed by atoms with E-state index in [9.17, 15) is 0 Å². The molecule has 0 saturated heterocycles. The van der Waals surface area contributed by atoms with Crippen LogP contribution in [-0.4, -0.2) is 0 Å². The van der Waals surface area contributed by atoms with Crippen molar-refractivity contribution in [2.45, 2.75) is 26.4 Å². The average Bonchev–Trinajstić information content (AvgIpc) is 2.81. The maximum absolute atomic E-state index is 5.99. The number of hydrogen-bond acceptors (Lipinski definition) is 2. The van der Waals surface area contributed by atoms with Gasteiger partial charge in [0.1, 0.15) is 0 Å². The van der Waals surface area contributed by atoms with Crippen molar-refractivity contribution in [2.24, 2.45) is 0 Å². The van der Waals surface area contributed by atoms with Crippen molar-refractivity contribution in [2.75, 3.05) is 0 Å². The molecule has 0 aliphatic heterocycles. The van der Waals surface area contributed by atoms with Crippen LogP contribution in [0.1, 0.15) is 22.2 Å². The zero-order valence-electron chi connectivity index (χ0n) is 10.2. The summed E-state index contributed by atoms with van der Waals surface area (Å²) >= 11 is 11.4. The fourth-order valence-corrected chi connectivity index (χ4v) is 3.22. The molecular formula is C14H15BrClNS. The second-order valence-corrected chi connectivity index (χ2v) is 6.60. The Morgan fingerprint density at radius 3 is 2.67 bits per heavy atom. The van der Waals surface area contributed by atoms with Gasteiger partial charge in [-0.05, 0) is 42.3 Å². The number of nitrogens with one attached hydrogen (secondary N) is 1. The van der Waals surface area contributed by atoms with E-state index in [-0.39, 0.29) is 0 Å². The highest BCUT2D eigenvalue weighted by Crippen LogP contribution is 2.21. The van der Waals surface area contributed by atoms with Crippen LogP contribution in [0.2, 0.25) is 5.02 Å². The molecular weight excluding hydrogens is 330 g/mol. The molecule has 0 spiro atoms. The van der Waals surface area contributed by atoms with Crippen LogP contribution in [0.25, 0.3) is 0 Å². The van der Waals surface area contributed by atoms with Crippen molar-refractivity contribution >= 4 is 38.9 Å². The Morgan fingerprint density at radius 2 is 1.94 bits per heavy atom. The van der Waals surface area contributed by atoms with Crippen molar-refractivity contribution < 1.29 is 0 Å². The minimum absolute atomic E-state index is 0.777. The molecule has 0 amide bonds. The lowest BCUT2D eigenvalue weighted by Crippen LogP contribution is -2.12. The molecule has 1 aromatic carbocycles. The summed E-state index contributed by atoms with van der Waals surface area (Å²) in [5.41, 5.74) is 1.19. The van der Waals surface area contributed by atoms with Gasteiger partial charge in [0.05, 0.1) is 0 Å². The van der Waals surface area contributed by atoms with Gasteiger partial charge in [-0.2, -0.15) is 0 Å². The normalized spacial score (nSPS) is 10.8. The van der Waals surface area contributed by atoms with Crippen LogP contribution in [0.4, 0.5) is 0 Å². The maximum atomic E-state index is 5.99. The average molecular weight is 345 g/mol. The molecule has 2 aromatic rings. The third-order valence-electron chi connectivity index (χ3n) is 2.69. The van der Waals surface area contributed by atoms with Crippen LogP contribution in [0.3, 0.4) is 0 Å². The van der Waals surface area contributed by atoms with Crippen molar-refractivity contribution in [1.82, 2.24) is 5.32 Å². The Balaban J connectivity index is 1.90. The molecule has 4 heteroatoms. The summed E-state index contributed by atoms with van der Waals surface area (Å²) in [6.07, 6.45) is 1.12. The lowest BCUT2D eigenvalue weighted by molar-refractivity contribution is 0.699. The topological polar surface area (TPSA) is 12.0 Å². The number of hydrogen-bond donors (Lipinski definition) is 1. The van der Waals surface area contributed by atoms with Crippen LogP contribution in [0.5, 0.6) is 0 Å². The van der Waals surface area contributed by atoms with Gasteiger partial charge < -0.3 is 5.32 Å². The summed E-state index contributed by atoms with van der Waals surface area (Å²) in [7, 11) is 0. The Kier molecular flexibility index (Phi) is 5.25. The summed E-state index contributed by atoms with van der Waals surface area (Å²) in [5, 5.41) is 4.22. The molecule has 96 valence electrons. The molecule has 0 aliphatic carbocycles. The van der Waals surface area contributed by atoms with Gasteiger partial charge in [0.15, 0.2) is 0 Å². The van der Waals surface area contributed by atoms with Gasteiger partial charge >= 0.3 is 0 Å². The summed E-state index contributed by atoms with van der Waals surface area (Å²) in [6.45, 7) is 3.91. The van der Waals surface area contributed by atoms with Gasteiger partial charge in [-0.15, -0.1) is 11.3 Å². The predicted octanol–water partition coefficient (Wildman–Crippen LogP) is 5.02. The fourth-order valence-electron chi connectivity index (χ4n) is 1.71. The van der Waals surface area contributed by atoms with E-state index in [4.69, 9.17) is 11.6 Å². The van der Waals surface area contributed by atoms with E-state index in [1.807, 2.05) is 29.5 Å². The summed E-state index contributed by atoms with van der Waals surface area (Å²) < 4.78 is 1.10. The monoisotopic (exact) mass is 343 g/mol. The molecule has 0 bridgehead atoms. The molecule has 0 unspecified atom stereocenters. The molecule has 0 fully saturated rings. The highest BCUT2D eigenvalue weighted by Gasteiger charge is 2.02. The van der Waals surface area contributed by atoms with Crippen molar-refractivity contribution in [3.05, 3.63) is 55.1 Å². The molecule has 18 heavy (non-hydrogen) atoms. The van der Waals surface area contributed by atoms with Gasteiger partial charge in [0, 0.05) is 32.3 Å². The smallest absolute Gasteiger partial charge is 0.0410 e. The van der Waals surface area contributed by atoms with Crippen LogP contribution >= 0.6 is 38.9 Å². The van der Waals surface area contributed by atoms with E-state index in [2.05, 4.69) is 40.3 Å². The second kappa shape index (κ2) is 6.71. The molecule has 0 radical (unpaired) electrons. The number of thiophene rings is 1. The molecule has 0 aliphatic rings. The Hall–Kier alpha value is -0.350. The Labute approximate surface area is 125 Å². The standard InChI is InChI=1S/C14H15BrClNS/c1-2-12-4-5-13(18-12)9-17-8-10-7-11(16)3-6-14(10)15/h3-7,17H,2,8-9H2,1H3. The van der Waals surface area contributed by atoms with Crippen LogP contribution in [0.15, 0.2) is 34.8 Å². The molecule has 0 saturated carbocycles. The van der Waals surface area contributed by atoms with Crippen LogP contribution < -0.4 is 5.32 Å². The quantitative estimate of drug-likeness (QED) is 0.803. The molecule has 0 atom stereocenters. The highest BCUT2D eigenvalue weighted by molar-refractivity contribution is 9.10. The van der Waals surface area contributed by atoms with Crippen LogP contribution in [0, 0.1) is 0 Å². The first kappa shape index (κ1) is 14.1. The molecule has 1 aromatic heterocycles. The summed E-state index contributed by atoms with van der Waals surface area (Å²) in [6, 6.07) is 10.3. The van der Waals surface area contributed by atoms with Crippen molar-refractivity contribution in [3.63, 3.8) is 0 Å². The fraction of sp³-hybridized carbons (Fsp3) is 0.286. The first-order chi connectivity index (χ1) is 8.69. The van der Waals surface area contributed by atoms with E-state index in [0.29, 0.717) is 0 Å². The first-order valence-electron chi connectivity index (χ1n) is 5.91. The van der Waals surface area contributed by atoms with E-state index in [0.717, 1.165) is 29.0 Å². The first-order valence-corrected chi connectivity index (χ1v) is 7.90. The van der Waals surface area contributed by atoms with E-state index in [1.165, 1.54) is 15.3 Å². The second-order valence-electron chi connectivity index (χ2n) is 4.06. The Morgan fingerprint density at radius 1 is 1.17 bits per heavy atom. The Bertz CT molecular complexity index is 524. The molecule has 1 heterocycles. The summed E-state index contributed by atoms with van der Waals surface area (Å²) in [5.74, 6) is 0.